The molecule has 3 rings (SSSR count). The Bertz CT molecular complexity index is 1030. The largest absolute Gasteiger partial charge is 0.444 e. The lowest BCUT2D eigenvalue weighted by atomic mass is 9.97. The zero-order valence-corrected chi connectivity index (χ0v) is 17.6. The maximum absolute atomic E-state index is 13.6. The number of nitrogens with two attached hydrogens (primary N) is 1. The molecule has 0 saturated heterocycles. The minimum Gasteiger partial charge on any atom is -0.444 e. The lowest BCUT2D eigenvalue weighted by molar-refractivity contribution is 0.0373. The molecule has 0 fully saturated rings. The third-order valence-electron chi connectivity index (χ3n) is 4.46. The van der Waals surface area contributed by atoms with Crippen LogP contribution in [0.4, 0.5) is 19.3 Å². The standard InChI is InChI=1S/C24H25F2N3O2/c1-24(2,3)31-23(30)29-21(22(25)26)17-11-9-16(10-12-17)20-19(13-18(27)14-28-20)15-7-5-4-6-8-15/h4-14,21-22H,27H2,1-3H3,(H,29,30)/t21-/m0/s1. The van der Waals surface area contributed by atoms with Crippen LogP contribution in [0, 0.1) is 0 Å². The van der Waals surface area contributed by atoms with E-state index in [1.807, 2.05) is 36.4 Å². The average molecular weight is 425 g/mol. The molecule has 3 aromatic rings. The second-order valence-corrected chi connectivity index (χ2v) is 8.11. The molecule has 5 nitrogen and oxygen atoms in total. The predicted molar refractivity (Wildman–Crippen MR) is 118 cm³/mol. The van der Waals surface area contributed by atoms with E-state index in [1.54, 1.807) is 51.2 Å². The summed E-state index contributed by atoms with van der Waals surface area (Å²) < 4.78 is 32.4. The van der Waals surface area contributed by atoms with E-state index in [2.05, 4.69) is 10.3 Å². The summed E-state index contributed by atoms with van der Waals surface area (Å²) in [6, 6.07) is 16.5. The minimum atomic E-state index is -2.80. The highest BCUT2D eigenvalue weighted by atomic mass is 19.3. The van der Waals surface area contributed by atoms with E-state index in [4.69, 9.17) is 10.5 Å². The number of alkyl carbamates (subject to hydrolysis) is 1. The van der Waals surface area contributed by atoms with E-state index in [0.29, 0.717) is 11.4 Å². The number of halogens is 2. The van der Waals surface area contributed by atoms with Gasteiger partial charge >= 0.3 is 6.09 Å². The zero-order valence-electron chi connectivity index (χ0n) is 17.6. The number of rotatable bonds is 5. The molecule has 0 aliphatic rings. The highest BCUT2D eigenvalue weighted by molar-refractivity contribution is 5.82. The van der Waals surface area contributed by atoms with Gasteiger partial charge in [0.15, 0.2) is 0 Å². The summed E-state index contributed by atoms with van der Waals surface area (Å²) in [4.78, 5) is 16.4. The molecule has 1 atom stereocenters. The normalized spacial score (nSPS) is 12.5. The van der Waals surface area contributed by atoms with Crippen molar-refractivity contribution in [2.75, 3.05) is 5.73 Å². The predicted octanol–water partition coefficient (Wildman–Crippen LogP) is 5.83. The van der Waals surface area contributed by atoms with Crippen LogP contribution in [0.5, 0.6) is 0 Å². The molecule has 0 bridgehead atoms. The Kier molecular flexibility index (Phi) is 6.53. The average Bonchev–Trinajstić information content (AvgIpc) is 2.71. The molecule has 2 aromatic carbocycles. The minimum absolute atomic E-state index is 0.265. The number of aromatic nitrogens is 1. The van der Waals surface area contributed by atoms with Crippen LogP contribution in [0.15, 0.2) is 66.9 Å². The summed E-state index contributed by atoms with van der Waals surface area (Å²) >= 11 is 0. The molecule has 31 heavy (non-hydrogen) atoms. The first-order chi connectivity index (χ1) is 14.6. The number of carbonyl (C=O) groups is 1. The Labute approximate surface area is 180 Å². The summed E-state index contributed by atoms with van der Waals surface area (Å²) in [5.74, 6) is 0. The molecule has 1 heterocycles. The van der Waals surface area contributed by atoms with Crippen LogP contribution in [-0.4, -0.2) is 23.1 Å². The molecule has 3 N–H and O–H groups in total. The first-order valence-corrected chi connectivity index (χ1v) is 9.83. The third-order valence-corrected chi connectivity index (χ3v) is 4.46. The van der Waals surface area contributed by atoms with Gasteiger partial charge in [-0.2, -0.15) is 0 Å². The number of ether oxygens (including phenoxy) is 1. The molecular formula is C24H25F2N3O2. The molecule has 0 aliphatic heterocycles. The van der Waals surface area contributed by atoms with Crippen molar-refractivity contribution in [1.29, 1.82) is 0 Å². The van der Waals surface area contributed by atoms with Gasteiger partial charge in [0.2, 0.25) is 0 Å². The van der Waals surface area contributed by atoms with Gasteiger partial charge in [0.25, 0.3) is 6.43 Å². The van der Waals surface area contributed by atoms with Gasteiger partial charge in [-0.15, -0.1) is 0 Å². The van der Waals surface area contributed by atoms with E-state index >= 15 is 0 Å². The summed E-state index contributed by atoms with van der Waals surface area (Å²) in [5, 5.41) is 2.25. The number of nitrogens with zero attached hydrogens (tertiary/aromatic N) is 1. The van der Waals surface area contributed by atoms with E-state index in [9.17, 15) is 13.6 Å². The van der Waals surface area contributed by atoms with E-state index in [-0.39, 0.29) is 5.56 Å². The van der Waals surface area contributed by atoms with Gasteiger partial charge in [0.05, 0.1) is 17.6 Å². The lowest BCUT2D eigenvalue weighted by Gasteiger charge is -2.23. The highest BCUT2D eigenvalue weighted by Crippen LogP contribution is 2.33. The topological polar surface area (TPSA) is 77.2 Å². The molecule has 0 unspecified atom stereocenters. The van der Waals surface area contributed by atoms with Crippen LogP contribution in [0.3, 0.4) is 0 Å². The van der Waals surface area contributed by atoms with Crippen LogP contribution < -0.4 is 11.1 Å². The number of benzene rings is 2. The molecule has 162 valence electrons. The maximum Gasteiger partial charge on any atom is 0.408 e. The Balaban J connectivity index is 1.90. The van der Waals surface area contributed by atoms with Crippen molar-refractivity contribution in [2.24, 2.45) is 0 Å². The van der Waals surface area contributed by atoms with E-state index in [1.165, 1.54) is 0 Å². The monoisotopic (exact) mass is 425 g/mol. The number of nitrogen functional groups attached to an aromatic ring is 1. The highest BCUT2D eigenvalue weighted by Gasteiger charge is 2.27. The van der Waals surface area contributed by atoms with Gasteiger partial charge in [-0.25, -0.2) is 13.6 Å². The van der Waals surface area contributed by atoms with E-state index < -0.39 is 24.2 Å². The maximum atomic E-state index is 13.6. The van der Waals surface area contributed by atoms with Gasteiger partial charge in [-0.3, -0.25) is 4.98 Å². The Morgan fingerprint density at radius 3 is 2.26 bits per heavy atom. The molecule has 0 spiro atoms. The number of pyridine rings is 1. The molecule has 0 aliphatic carbocycles. The molecule has 0 saturated carbocycles. The number of anilines is 1. The fraction of sp³-hybridized carbons (Fsp3) is 0.250. The Morgan fingerprint density at radius 2 is 1.68 bits per heavy atom. The number of alkyl halides is 2. The van der Waals surface area contributed by atoms with Crippen molar-refractivity contribution < 1.29 is 18.3 Å². The van der Waals surface area contributed by atoms with Crippen LogP contribution in [0.25, 0.3) is 22.4 Å². The smallest absolute Gasteiger partial charge is 0.408 e. The number of amides is 1. The van der Waals surface area contributed by atoms with Crippen molar-refractivity contribution in [3.05, 3.63) is 72.4 Å². The van der Waals surface area contributed by atoms with Crippen molar-refractivity contribution in [3.63, 3.8) is 0 Å². The second kappa shape index (κ2) is 9.12. The van der Waals surface area contributed by atoms with Gasteiger partial charge in [-0.1, -0.05) is 54.6 Å². The van der Waals surface area contributed by atoms with Crippen LogP contribution >= 0.6 is 0 Å². The molecule has 0 radical (unpaired) electrons. The molecule has 7 heteroatoms. The van der Waals surface area contributed by atoms with E-state index in [0.717, 1.165) is 16.7 Å². The lowest BCUT2D eigenvalue weighted by Crippen LogP contribution is -2.37. The quantitative estimate of drug-likeness (QED) is 0.539. The van der Waals surface area contributed by atoms with Crippen LogP contribution in [0.2, 0.25) is 0 Å². The summed E-state index contributed by atoms with van der Waals surface area (Å²) in [6.45, 7) is 5.01. The zero-order chi connectivity index (χ0) is 22.6. The third kappa shape index (κ3) is 5.78. The van der Waals surface area contributed by atoms with Gasteiger partial charge in [0.1, 0.15) is 11.6 Å². The van der Waals surface area contributed by atoms with Gasteiger partial charge < -0.3 is 15.8 Å². The molecular weight excluding hydrogens is 400 g/mol. The second-order valence-electron chi connectivity index (χ2n) is 8.11. The van der Waals surface area contributed by atoms with Gasteiger partial charge in [-0.05, 0) is 38.0 Å². The number of hydrogen-bond acceptors (Lipinski definition) is 4. The summed E-state index contributed by atoms with van der Waals surface area (Å²) in [5.41, 5.74) is 9.15. The van der Waals surface area contributed by atoms with Crippen LogP contribution in [0.1, 0.15) is 32.4 Å². The first-order valence-electron chi connectivity index (χ1n) is 9.83. The van der Waals surface area contributed by atoms with Crippen LogP contribution in [-0.2, 0) is 4.74 Å². The van der Waals surface area contributed by atoms with Crippen molar-refractivity contribution in [2.45, 2.75) is 38.8 Å². The fourth-order valence-corrected chi connectivity index (χ4v) is 3.12. The summed E-state index contributed by atoms with van der Waals surface area (Å²) in [6.07, 6.45) is -2.14. The molecule has 1 amide bonds. The first kappa shape index (κ1) is 22.2. The Morgan fingerprint density at radius 1 is 1.03 bits per heavy atom. The number of hydrogen-bond donors (Lipinski definition) is 2. The Hall–Kier alpha value is -3.48. The molecule has 1 aromatic heterocycles. The van der Waals surface area contributed by atoms with Crippen molar-refractivity contribution in [1.82, 2.24) is 10.3 Å². The van der Waals surface area contributed by atoms with Gasteiger partial charge in [0, 0.05) is 11.1 Å². The number of carbonyl (C=O) groups excluding carboxylic acids is 1. The fourth-order valence-electron chi connectivity index (χ4n) is 3.12. The SMILES string of the molecule is CC(C)(C)OC(=O)N[C@@H](c1ccc(-c2ncc(N)cc2-c2ccccc2)cc1)C(F)F. The number of nitrogens with one attached hydrogen (secondary N) is 1. The summed E-state index contributed by atoms with van der Waals surface area (Å²) in [7, 11) is 0. The van der Waals surface area contributed by atoms with Crippen molar-refractivity contribution >= 4 is 11.8 Å². The van der Waals surface area contributed by atoms with Crippen molar-refractivity contribution in [3.8, 4) is 22.4 Å².